The number of hydrogen-bond acceptors (Lipinski definition) is 2. The van der Waals surface area contributed by atoms with E-state index < -0.39 is 0 Å². The summed E-state index contributed by atoms with van der Waals surface area (Å²) in [4.78, 5) is 0. The van der Waals surface area contributed by atoms with Crippen LogP contribution in [0, 0.1) is 0 Å². The largest absolute Gasteiger partial charge is 0.425 e. The maximum atomic E-state index is 5.86. The Morgan fingerprint density at radius 3 is 2.47 bits per heavy atom. The maximum absolute atomic E-state index is 5.86. The molecule has 1 aromatic carbocycles. The molecule has 0 spiro atoms. The minimum atomic E-state index is 0.153. The van der Waals surface area contributed by atoms with Gasteiger partial charge in [-0.25, -0.2) is 0 Å². The smallest absolute Gasteiger partial charge is 0.174 e. The van der Waals surface area contributed by atoms with E-state index in [4.69, 9.17) is 9.16 Å². The highest BCUT2D eigenvalue weighted by Gasteiger charge is 2.09. The third-order valence-corrected chi connectivity index (χ3v) is 2.66. The first-order valence-electron chi connectivity index (χ1n) is 5.31. The zero-order valence-electron chi connectivity index (χ0n) is 9.48. The van der Waals surface area contributed by atoms with E-state index in [1.807, 2.05) is 18.2 Å². The summed E-state index contributed by atoms with van der Waals surface area (Å²) < 4.78 is 10.9. The second-order valence-electron chi connectivity index (χ2n) is 3.70. The highest BCUT2D eigenvalue weighted by Crippen LogP contribution is 2.18. The maximum Gasteiger partial charge on any atom is 0.174 e. The molecule has 1 radical (unpaired) electrons. The second-order valence-corrected chi connectivity index (χ2v) is 4.10. The van der Waals surface area contributed by atoms with Crippen LogP contribution in [0.1, 0.15) is 31.9 Å². The molecule has 0 fully saturated rings. The Labute approximate surface area is 95.1 Å². The Kier molecular flexibility index (Phi) is 5.61. The molecule has 0 aliphatic rings. The van der Waals surface area contributed by atoms with Crippen molar-refractivity contribution < 1.29 is 9.16 Å². The summed E-state index contributed by atoms with van der Waals surface area (Å²) in [6.45, 7) is 4.93. The van der Waals surface area contributed by atoms with Crippen molar-refractivity contribution in [3.63, 3.8) is 0 Å². The summed E-state index contributed by atoms with van der Waals surface area (Å²) >= 11 is 0. The average Bonchev–Trinajstić information content (AvgIpc) is 2.27. The zero-order valence-corrected chi connectivity index (χ0v) is 10.9. The Balaban J connectivity index is 2.38. The number of hydrogen-bond donors (Lipinski definition) is 0. The van der Waals surface area contributed by atoms with E-state index in [0.29, 0.717) is 0 Å². The van der Waals surface area contributed by atoms with E-state index in [0.717, 1.165) is 13.0 Å². The quantitative estimate of drug-likeness (QED) is 0.688. The Morgan fingerprint density at radius 2 is 1.87 bits per heavy atom. The molecule has 0 saturated heterocycles. The van der Waals surface area contributed by atoms with Crippen LogP contribution in [0.3, 0.4) is 0 Å². The Bertz CT molecular complexity index is 264. The molecule has 0 bridgehead atoms. The Hall–Kier alpha value is -0.643. The molecule has 15 heavy (non-hydrogen) atoms. The fraction of sp³-hybridized carbons (Fsp3) is 0.500. The van der Waals surface area contributed by atoms with Gasteiger partial charge < -0.3 is 9.16 Å². The predicted octanol–water partition coefficient (Wildman–Crippen LogP) is 2.11. The average molecular weight is 223 g/mol. The van der Waals surface area contributed by atoms with Crippen LogP contribution >= 0.6 is 0 Å². The molecule has 2 nitrogen and oxygen atoms in total. The predicted molar refractivity (Wildman–Crippen MR) is 64.5 cm³/mol. The van der Waals surface area contributed by atoms with Gasteiger partial charge in [-0.15, -0.1) is 0 Å². The van der Waals surface area contributed by atoms with Gasteiger partial charge in [0.25, 0.3) is 0 Å². The molecule has 0 aliphatic heterocycles. The molecule has 0 aromatic heterocycles. The van der Waals surface area contributed by atoms with Gasteiger partial charge in [0.1, 0.15) is 0 Å². The van der Waals surface area contributed by atoms with Gasteiger partial charge >= 0.3 is 0 Å². The van der Waals surface area contributed by atoms with E-state index in [9.17, 15) is 0 Å². The molecule has 2 atom stereocenters. The van der Waals surface area contributed by atoms with Crippen molar-refractivity contribution >= 4 is 10.5 Å². The minimum Gasteiger partial charge on any atom is -0.425 e. The van der Waals surface area contributed by atoms with Crippen LogP contribution < -0.4 is 0 Å². The zero-order chi connectivity index (χ0) is 11.1. The Morgan fingerprint density at radius 1 is 1.20 bits per heavy atom. The molecule has 1 aromatic rings. The first-order chi connectivity index (χ1) is 7.24. The molecule has 0 amide bonds. The molecule has 83 valence electrons. The van der Waals surface area contributed by atoms with Gasteiger partial charge in [0.2, 0.25) is 0 Å². The van der Waals surface area contributed by atoms with E-state index in [-0.39, 0.29) is 12.2 Å². The van der Waals surface area contributed by atoms with Crippen molar-refractivity contribution in [2.45, 2.75) is 32.5 Å². The summed E-state index contributed by atoms with van der Waals surface area (Å²) in [6.07, 6.45) is 1.34. The molecule has 2 unspecified atom stereocenters. The van der Waals surface area contributed by atoms with Crippen LogP contribution in [-0.2, 0) is 9.16 Å². The van der Waals surface area contributed by atoms with Gasteiger partial charge in [0, 0.05) is 6.61 Å². The van der Waals surface area contributed by atoms with Gasteiger partial charge in [0.05, 0.1) is 12.2 Å². The van der Waals surface area contributed by atoms with Crippen LogP contribution in [-0.4, -0.2) is 23.2 Å². The summed E-state index contributed by atoms with van der Waals surface area (Å²) in [7, 11) is 1.54. The number of ether oxygens (including phenoxy) is 1. The summed E-state index contributed by atoms with van der Waals surface area (Å²) in [6, 6.07) is 10.3. The van der Waals surface area contributed by atoms with Gasteiger partial charge in [-0.1, -0.05) is 30.3 Å². The van der Waals surface area contributed by atoms with E-state index in [1.165, 1.54) is 16.0 Å². The molecule has 0 aliphatic carbocycles. The lowest BCUT2D eigenvalue weighted by molar-refractivity contribution is -0.00279. The van der Waals surface area contributed by atoms with Gasteiger partial charge in [-0.2, -0.15) is 0 Å². The van der Waals surface area contributed by atoms with E-state index in [1.54, 1.807) is 0 Å². The van der Waals surface area contributed by atoms with Crippen LogP contribution in [0.5, 0.6) is 0 Å². The number of rotatable bonds is 6. The fourth-order valence-electron chi connectivity index (χ4n) is 1.47. The first-order valence-corrected chi connectivity index (χ1v) is 5.89. The summed E-state index contributed by atoms with van der Waals surface area (Å²) in [5.74, 6) is 0. The van der Waals surface area contributed by atoms with E-state index >= 15 is 0 Å². The fourth-order valence-corrected chi connectivity index (χ4v) is 1.64. The monoisotopic (exact) mass is 223 g/mol. The summed E-state index contributed by atoms with van der Waals surface area (Å²) in [5.41, 5.74) is 1.23. The normalized spacial score (nSPS) is 14.9. The standard InChI is InChI=1S/C12H19O2Si/c1-10(8-9-13-15)14-11(2)12-6-4-3-5-7-12/h3-7,10-11H,8-9,15H2,1-2H3. The second kappa shape index (κ2) is 6.77. The lowest BCUT2D eigenvalue weighted by Gasteiger charge is -2.19. The molecule has 0 N–H and O–H groups in total. The molecular formula is C12H19O2Si. The highest BCUT2D eigenvalue weighted by atomic mass is 28.2. The van der Waals surface area contributed by atoms with Crippen molar-refractivity contribution in [3.05, 3.63) is 35.9 Å². The van der Waals surface area contributed by atoms with Crippen molar-refractivity contribution in [2.75, 3.05) is 6.61 Å². The van der Waals surface area contributed by atoms with Gasteiger partial charge in [-0.3, -0.25) is 0 Å². The molecule has 0 saturated carbocycles. The van der Waals surface area contributed by atoms with Crippen molar-refractivity contribution in [3.8, 4) is 0 Å². The highest BCUT2D eigenvalue weighted by molar-refractivity contribution is 5.97. The first kappa shape index (κ1) is 12.4. The van der Waals surface area contributed by atoms with Crippen LogP contribution in [0.15, 0.2) is 30.3 Å². The topological polar surface area (TPSA) is 18.5 Å². The molecular weight excluding hydrogens is 204 g/mol. The van der Waals surface area contributed by atoms with Gasteiger partial charge in [0.15, 0.2) is 10.5 Å². The van der Waals surface area contributed by atoms with E-state index in [2.05, 4.69) is 26.0 Å². The minimum absolute atomic E-state index is 0.153. The number of benzene rings is 1. The molecule has 1 rings (SSSR count). The lowest BCUT2D eigenvalue weighted by Crippen LogP contribution is -2.13. The van der Waals surface area contributed by atoms with Crippen molar-refractivity contribution in [1.29, 1.82) is 0 Å². The van der Waals surface area contributed by atoms with Crippen LogP contribution in [0.2, 0.25) is 0 Å². The summed E-state index contributed by atoms with van der Waals surface area (Å²) in [5, 5.41) is 0. The SMILES string of the molecule is CC(CCO[SiH2])OC(C)c1ccccc1. The van der Waals surface area contributed by atoms with Crippen molar-refractivity contribution in [1.82, 2.24) is 0 Å². The van der Waals surface area contributed by atoms with Gasteiger partial charge in [-0.05, 0) is 25.8 Å². The van der Waals surface area contributed by atoms with Crippen molar-refractivity contribution in [2.24, 2.45) is 0 Å². The molecule has 3 heteroatoms. The van der Waals surface area contributed by atoms with Crippen LogP contribution in [0.4, 0.5) is 0 Å². The lowest BCUT2D eigenvalue weighted by atomic mass is 10.1. The third kappa shape index (κ3) is 4.60. The third-order valence-electron chi connectivity index (χ3n) is 2.37. The molecule has 0 heterocycles. The van der Waals surface area contributed by atoms with Crippen LogP contribution in [0.25, 0.3) is 0 Å².